The third-order valence-electron chi connectivity index (χ3n) is 4.02. The minimum atomic E-state index is -0.350. The molecule has 0 aliphatic rings. The highest BCUT2D eigenvalue weighted by molar-refractivity contribution is 7.09. The van der Waals surface area contributed by atoms with Gasteiger partial charge in [0, 0.05) is 11.8 Å². The van der Waals surface area contributed by atoms with E-state index in [9.17, 15) is 14.3 Å². The highest BCUT2D eigenvalue weighted by Gasteiger charge is 2.09. The summed E-state index contributed by atoms with van der Waals surface area (Å²) in [4.78, 5) is 16.3. The number of carbonyl (C=O) groups excluding carboxylic acids is 1. The van der Waals surface area contributed by atoms with Crippen LogP contribution in [0.4, 0.5) is 4.39 Å². The van der Waals surface area contributed by atoms with Crippen LogP contribution < -0.4 is 9.47 Å². The number of aryl methyl sites for hydroxylation is 1. The van der Waals surface area contributed by atoms with Crippen molar-refractivity contribution in [3.8, 4) is 17.2 Å². The average Bonchev–Trinajstić information content (AvgIpc) is 3.18. The lowest BCUT2D eigenvalue weighted by Gasteiger charge is -2.06. The van der Waals surface area contributed by atoms with E-state index in [0.29, 0.717) is 23.6 Å². The number of aromatic nitrogens is 1. The van der Waals surface area contributed by atoms with Crippen molar-refractivity contribution in [2.75, 3.05) is 7.11 Å². The third kappa shape index (κ3) is 6.18. The Kier molecular flexibility index (Phi) is 7.02. The van der Waals surface area contributed by atoms with Crippen LogP contribution in [0.25, 0.3) is 0 Å². The molecule has 0 spiro atoms. The van der Waals surface area contributed by atoms with Crippen molar-refractivity contribution >= 4 is 17.3 Å². The van der Waals surface area contributed by atoms with Gasteiger partial charge in [-0.15, -0.1) is 11.3 Å². The Bertz CT molecular complexity index is 958. The normalized spacial score (nSPS) is 10.6. The van der Waals surface area contributed by atoms with Gasteiger partial charge in [-0.05, 0) is 48.4 Å². The number of nitrogens with zero attached hydrogens (tertiary/aromatic N) is 1. The molecule has 0 amide bonds. The minimum absolute atomic E-state index is 0.0382. The zero-order chi connectivity index (χ0) is 20.6. The molecule has 6 nitrogen and oxygen atoms in total. The second-order valence-electron chi connectivity index (χ2n) is 6.14. The average molecular weight is 417 g/mol. The monoisotopic (exact) mass is 417 g/mol. The number of methoxy groups -OCH3 is 1. The van der Waals surface area contributed by atoms with Gasteiger partial charge < -0.3 is 19.3 Å². The fraction of sp³-hybridized carbons (Fsp3) is 0.238. The molecule has 0 radical (unpaired) electrons. The van der Waals surface area contributed by atoms with Crippen LogP contribution in [0.1, 0.15) is 22.7 Å². The molecule has 2 aromatic carbocycles. The number of carbonyl (C=O) groups is 1. The summed E-state index contributed by atoms with van der Waals surface area (Å²) < 4.78 is 28.7. The summed E-state index contributed by atoms with van der Waals surface area (Å²) in [5, 5.41) is 12.3. The smallest absolute Gasteiger partial charge is 0.306 e. The summed E-state index contributed by atoms with van der Waals surface area (Å²) >= 11 is 1.40. The first-order valence-electron chi connectivity index (χ1n) is 8.86. The lowest BCUT2D eigenvalue weighted by Crippen LogP contribution is -2.06. The van der Waals surface area contributed by atoms with Crippen LogP contribution in [0.5, 0.6) is 17.2 Å². The molecular formula is C21H20FNO5S. The van der Waals surface area contributed by atoms with E-state index in [1.807, 2.05) is 0 Å². The zero-order valence-electron chi connectivity index (χ0n) is 15.8. The van der Waals surface area contributed by atoms with E-state index < -0.39 is 0 Å². The SMILES string of the molecule is COc1ccc(CCC(=O)OCc2csc(COc3ccc(F)cc3)n2)cc1O. The molecule has 8 heteroatoms. The van der Waals surface area contributed by atoms with Crippen LogP contribution in [0, 0.1) is 5.82 Å². The van der Waals surface area contributed by atoms with Crippen LogP contribution >= 0.6 is 11.3 Å². The Hall–Kier alpha value is -3.13. The molecule has 0 unspecified atom stereocenters. The Balaban J connectivity index is 1.41. The third-order valence-corrected chi connectivity index (χ3v) is 4.89. The number of hydrogen-bond donors (Lipinski definition) is 1. The molecular weight excluding hydrogens is 397 g/mol. The van der Waals surface area contributed by atoms with Crippen LogP contribution in [0.3, 0.4) is 0 Å². The van der Waals surface area contributed by atoms with Crippen molar-refractivity contribution in [1.29, 1.82) is 0 Å². The second kappa shape index (κ2) is 9.88. The number of phenols is 1. The summed E-state index contributed by atoms with van der Waals surface area (Å²) in [6, 6.07) is 10.8. The van der Waals surface area contributed by atoms with E-state index in [4.69, 9.17) is 14.2 Å². The summed E-state index contributed by atoms with van der Waals surface area (Å²) in [6.45, 7) is 0.338. The predicted octanol–water partition coefficient (Wildman–Crippen LogP) is 4.25. The fourth-order valence-corrected chi connectivity index (χ4v) is 3.21. The van der Waals surface area contributed by atoms with Crippen molar-refractivity contribution in [1.82, 2.24) is 4.98 Å². The summed E-state index contributed by atoms with van der Waals surface area (Å²) in [5.41, 5.74) is 1.46. The van der Waals surface area contributed by atoms with Gasteiger partial charge in [0.05, 0.1) is 12.8 Å². The Labute approximate surface area is 171 Å². The van der Waals surface area contributed by atoms with Crippen molar-refractivity contribution in [3.05, 3.63) is 69.9 Å². The number of ether oxygens (including phenoxy) is 3. The molecule has 0 bridgehead atoms. The molecule has 3 aromatic rings. The molecule has 29 heavy (non-hydrogen) atoms. The number of esters is 1. The highest BCUT2D eigenvalue weighted by atomic mass is 32.1. The minimum Gasteiger partial charge on any atom is -0.504 e. The lowest BCUT2D eigenvalue weighted by molar-refractivity contribution is -0.145. The number of benzene rings is 2. The van der Waals surface area contributed by atoms with Crippen molar-refractivity contribution < 1.29 is 28.5 Å². The molecule has 3 rings (SSSR count). The number of phenolic OH excluding ortho intramolecular Hbond substituents is 1. The van der Waals surface area contributed by atoms with E-state index in [2.05, 4.69) is 4.98 Å². The Morgan fingerprint density at radius 3 is 2.69 bits per heavy atom. The van der Waals surface area contributed by atoms with E-state index in [-0.39, 0.29) is 37.2 Å². The van der Waals surface area contributed by atoms with Crippen LogP contribution in [0.15, 0.2) is 47.8 Å². The van der Waals surface area contributed by atoms with Crippen LogP contribution in [-0.4, -0.2) is 23.2 Å². The molecule has 0 saturated carbocycles. The van der Waals surface area contributed by atoms with Gasteiger partial charge in [0.1, 0.15) is 29.8 Å². The Morgan fingerprint density at radius 2 is 1.97 bits per heavy atom. The maximum absolute atomic E-state index is 12.9. The van der Waals surface area contributed by atoms with Gasteiger partial charge in [0.15, 0.2) is 11.5 Å². The van der Waals surface area contributed by atoms with Crippen molar-refractivity contribution in [3.63, 3.8) is 0 Å². The van der Waals surface area contributed by atoms with Crippen molar-refractivity contribution in [2.24, 2.45) is 0 Å². The maximum Gasteiger partial charge on any atom is 0.306 e. The number of halogens is 1. The van der Waals surface area contributed by atoms with Crippen molar-refractivity contribution in [2.45, 2.75) is 26.1 Å². The molecule has 0 aliphatic heterocycles. The number of thiazole rings is 1. The van der Waals surface area contributed by atoms with Gasteiger partial charge in [-0.3, -0.25) is 4.79 Å². The highest BCUT2D eigenvalue weighted by Crippen LogP contribution is 2.26. The zero-order valence-corrected chi connectivity index (χ0v) is 16.6. The van der Waals surface area contributed by atoms with Gasteiger partial charge in [-0.2, -0.15) is 0 Å². The van der Waals surface area contributed by atoms with E-state index in [0.717, 1.165) is 10.6 Å². The standard InChI is InChI=1S/C21H20FNO5S/c1-26-19-8-2-14(10-18(19)24)3-9-21(25)28-11-16-13-29-20(23-16)12-27-17-6-4-15(22)5-7-17/h2,4-8,10,13,24H,3,9,11-12H2,1H3. The fourth-order valence-electron chi connectivity index (χ4n) is 2.52. The molecule has 0 aliphatic carbocycles. The van der Waals surface area contributed by atoms with Crippen LogP contribution in [-0.2, 0) is 29.2 Å². The maximum atomic E-state index is 12.9. The first-order valence-corrected chi connectivity index (χ1v) is 9.74. The van der Waals surface area contributed by atoms with E-state index >= 15 is 0 Å². The van der Waals surface area contributed by atoms with Gasteiger partial charge in [0.25, 0.3) is 0 Å². The van der Waals surface area contributed by atoms with Gasteiger partial charge in [0.2, 0.25) is 0 Å². The van der Waals surface area contributed by atoms with E-state index in [1.54, 1.807) is 35.7 Å². The van der Waals surface area contributed by atoms with Crippen LogP contribution in [0.2, 0.25) is 0 Å². The number of rotatable bonds is 9. The quantitative estimate of drug-likeness (QED) is 0.525. The molecule has 1 aromatic heterocycles. The topological polar surface area (TPSA) is 77.9 Å². The number of aromatic hydroxyl groups is 1. The first-order chi connectivity index (χ1) is 14.0. The molecule has 0 atom stereocenters. The van der Waals surface area contributed by atoms with E-state index in [1.165, 1.54) is 30.6 Å². The van der Waals surface area contributed by atoms with Gasteiger partial charge >= 0.3 is 5.97 Å². The Morgan fingerprint density at radius 1 is 1.17 bits per heavy atom. The molecule has 0 fully saturated rings. The molecule has 1 N–H and O–H groups in total. The predicted molar refractivity (Wildman–Crippen MR) is 106 cm³/mol. The largest absolute Gasteiger partial charge is 0.504 e. The molecule has 152 valence electrons. The lowest BCUT2D eigenvalue weighted by atomic mass is 10.1. The second-order valence-corrected chi connectivity index (χ2v) is 7.08. The summed E-state index contributed by atoms with van der Waals surface area (Å²) in [6.07, 6.45) is 0.640. The van der Waals surface area contributed by atoms with Gasteiger partial charge in [-0.1, -0.05) is 6.07 Å². The first kappa shape index (κ1) is 20.6. The molecule has 0 saturated heterocycles. The number of hydrogen-bond acceptors (Lipinski definition) is 7. The molecule has 1 heterocycles. The summed E-state index contributed by atoms with van der Waals surface area (Å²) in [7, 11) is 1.48. The van der Waals surface area contributed by atoms with Gasteiger partial charge in [-0.25, -0.2) is 9.37 Å². The summed E-state index contributed by atoms with van der Waals surface area (Å²) in [5.74, 6) is 0.311.